The van der Waals surface area contributed by atoms with Crippen LogP contribution in [0.1, 0.15) is 38.5 Å². The summed E-state index contributed by atoms with van der Waals surface area (Å²) in [4.78, 5) is 0. The van der Waals surface area contributed by atoms with Crippen molar-refractivity contribution >= 4 is 10.0 Å². The zero-order valence-corrected chi connectivity index (χ0v) is 9.62. The lowest BCUT2D eigenvalue weighted by atomic mass is 10.0. The Morgan fingerprint density at radius 2 is 1.53 bits per heavy atom. The van der Waals surface area contributed by atoms with Gasteiger partial charge < -0.3 is 5.73 Å². The van der Waals surface area contributed by atoms with E-state index in [0.717, 1.165) is 38.5 Å². The minimum atomic E-state index is -2.97. The second-order valence-electron chi connectivity index (χ2n) is 5.19. The van der Waals surface area contributed by atoms with Crippen molar-refractivity contribution < 1.29 is 8.42 Å². The van der Waals surface area contributed by atoms with Crippen LogP contribution in [-0.4, -0.2) is 36.1 Å². The molecule has 2 aliphatic heterocycles. The Labute approximate surface area is 90.9 Å². The summed E-state index contributed by atoms with van der Waals surface area (Å²) < 4.78 is 26.2. The van der Waals surface area contributed by atoms with Crippen molar-refractivity contribution in [3.63, 3.8) is 0 Å². The van der Waals surface area contributed by atoms with Crippen LogP contribution >= 0.6 is 0 Å². The fourth-order valence-corrected chi connectivity index (χ4v) is 5.42. The number of fused-ring (bicyclic) bond motifs is 2. The van der Waals surface area contributed by atoms with Crippen LogP contribution in [0.25, 0.3) is 0 Å². The Hall–Kier alpha value is -0.130. The summed E-state index contributed by atoms with van der Waals surface area (Å²) in [5, 5.41) is -0.0603. The lowest BCUT2D eigenvalue weighted by molar-refractivity contribution is 0.227. The van der Waals surface area contributed by atoms with Gasteiger partial charge in [0.2, 0.25) is 10.0 Å². The van der Waals surface area contributed by atoms with Crippen LogP contribution in [0.15, 0.2) is 0 Å². The molecule has 3 fully saturated rings. The van der Waals surface area contributed by atoms with Crippen molar-refractivity contribution in [2.75, 3.05) is 0 Å². The summed E-state index contributed by atoms with van der Waals surface area (Å²) in [6, 6.07) is 0.641. The van der Waals surface area contributed by atoms with E-state index in [1.807, 2.05) is 4.31 Å². The van der Waals surface area contributed by atoms with Gasteiger partial charge in [-0.2, -0.15) is 4.31 Å². The normalized spacial score (nSPS) is 42.1. The maximum absolute atomic E-state index is 12.2. The molecule has 3 rings (SSSR count). The Balaban J connectivity index is 1.88. The van der Waals surface area contributed by atoms with Gasteiger partial charge in [-0.05, 0) is 38.5 Å². The number of sulfonamides is 1. The number of piperidine rings is 1. The summed E-state index contributed by atoms with van der Waals surface area (Å²) in [6.45, 7) is 0. The van der Waals surface area contributed by atoms with Crippen molar-refractivity contribution in [1.29, 1.82) is 0 Å². The predicted molar refractivity (Wildman–Crippen MR) is 57.8 cm³/mol. The van der Waals surface area contributed by atoms with Gasteiger partial charge in [0.05, 0.1) is 5.25 Å². The lowest BCUT2D eigenvalue weighted by Crippen LogP contribution is -2.51. The largest absolute Gasteiger partial charge is 0.328 e. The molecule has 2 atom stereocenters. The van der Waals surface area contributed by atoms with Crippen molar-refractivity contribution in [3.8, 4) is 0 Å². The van der Waals surface area contributed by atoms with E-state index in [0.29, 0.717) is 0 Å². The van der Waals surface area contributed by atoms with Gasteiger partial charge in [0, 0.05) is 18.1 Å². The first-order valence-electron chi connectivity index (χ1n) is 5.87. The Bertz CT molecular complexity index is 350. The first-order valence-corrected chi connectivity index (χ1v) is 7.37. The maximum Gasteiger partial charge on any atom is 0.217 e. The molecular weight excluding hydrogens is 212 g/mol. The van der Waals surface area contributed by atoms with Crippen LogP contribution in [0.4, 0.5) is 0 Å². The highest BCUT2D eigenvalue weighted by molar-refractivity contribution is 7.90. The summed E-state index contributed by atoms with van der Waals surface area (Å²) in [6.07, 6.45) is 5.49. The molecule has 2 saturated heterocycles. The van der Waals surface area contributed by atoms with E-state index in [4.69, 9.17) is 5.73 Å². The highest BCUT2D eigenvalue weighted by Gasteiger charge is 2.50. The number of rotatable bonds is 2. The molecule has 0 aromatic carbocycles. The molecule has 1 aliphatic carbocycles. The molecule has 0 aromatic heterocycles. The molecule has 15 heavy (non-hydrogen) atoms. The number of hydrogen-bond acceptors (Lipinski definition) is 3. The van der Waals surface area contributed by atoms with E-state index in [1.54, 1.807) is 0 Å². The molecule has 0 aromatic rings. The average molecular weight is 230 g/mol. The van der Waals surface area contributed by atoms with Crippen LogP contribution in [0, 0.1) is 0 Å². The average Bonchev–Trinajstić information content (AvgIpc) is 2.93. The van der Waals surface area contributed by atoms with Crippen molar-refractivity contribution in [2.45, 2.75) is 61.9 Å². The maximum atomic E-state index is 12.2. The molecule has 2 N–H and O–H groups in total. The molecule has 2 bridgehead atoms. The van der Waals surface area contributed by atoms with E-state index in [9.17, 15) is 8.42 Å². The van der Waals surface area contributed by atoms with E-state index in [1.165, 1.54) is 0 Å². The molecule has 2 heterocycles. The molecule has 0 spiro atoms. The quantitative estimate of drug-likeness (QED) is 0.748. The van der Waals surface area contributed by atoms with Crippen molar-refractivity contribution in [1.82, 2.24) is 4.31 Å². The van der Waals surface area contributed by atoms with Crippen LogP contribution in [0.5, 0.6) is 0 Å². The number of nitrogens with two attached hydrogens (primary N) is 1. The number of hydrogen-bond donors (Lipinski definition) is 1. The summed E-state index contributed by atoms with van der Waals surface area (Å²) in [5.74, 6) is 0. The van der Waals surface area contributed by atoms with Crippen LogP contribution in [0.3, 0.4) is 0 Å². The summed E-state index contributed by atoms with van der Waals surface area (Å²) in [7, 11) is -2.97. The van der Waals surface area contributed by atoms with Crippen LogP contribution in [0.2, 0.25) is 0 Å². The Morgan fingerprint density at radius 1 is 1.00 bits per heavy atom. The summed E-state index contributed by atoms with van der Waals surface area (Å²) in [5.41, 5.74) is 5.93. The molecule has 4 nitrogen and oxygen atoms in total. The summed E-state index contributed by atoms with van der Waals surface area (Å²) >= 11 is 0. The third kappa shape index (κ3) is 1.52. The predicted octanol–water partition coefficient (Wildman–Crippen LogP) is 0.433. The SMILES string of the molecule is NC1CC2CCC(C1)N2S(=O)(=O)C1CC1. The molecule has 0 amide bonds. The molecule has 5 heteroatoms. The zero-order chi connectivity index (χ0) is 10.6. The van der Waals surface area contributed by atoms with Gasteiger partial charge >= 0.3 is 0 Å². The van der Waals surface area contributed by atoms with Gasteiger partial charge in [-0.15, -0.1) is 0 Å². The number of nitrogens with zero attached hydrogens (tertiary/aromatic N) is 1. The van der Waals surface area contributed by atoms with Crippen LogP contribution < -0.4 is 5.73 Å². The van der Waals surface area contributed by atoms with Gasteiger partial charge in [-0.25, -0.2) is 8.42 Å². The van der Waals surface area contributed by atoms with Crippen molar-refractivity contribution in [3.05, 3.63) is 0 Å². The standard InChI is InChI=1S/C10H18N2O2S/c11-7-5-8-1-2-9(6-7)12(8)15(13,14)10-3-4-10/h7-10H,1-6,11H2. The monoisotopic (exact) mass is 230 g/mol. The third-order valence-electron chi connectivity index (χ3n) is 3.94. The van der Waals surface area contributed by atoms with E-state index >= 15 is 0 Å². The van der Waals surface area contributed by atoms with E-state index in [2.05, 4.69) is 0 Å². The van der Waals surface area contributed by atoms with E-state index < -0.39 is 10.0 Å². The van der Waals surface area contributed by atoms with Gasteiger partial charge in [0.25, 0.3) is 0 Å². The fraction of sp³-hybridized carbons (Fsp3) is 1.00. The zero-order valence-electron chi connectivity index (χ0n) is 8.80. The third-order valence-corrected chi connectivity index (χ3v) is 6.44. The topological polar surface area (TPSA) is 63.4 Å². The van der Waals surface area contributed by atoms with E-state index in [-0.39, 0.29) is 23.4 Å². The molecule has 0 radical (unpaired) electrons. The highest BCUT2D eigenvalue weighted by Crippen LogP contribution is 2.42. The minimum Gasteiger partial charge on any atom is -0.328 e. The minimum absolute atomic E-state index is 0.0603. The lowest BCUT2D eigenvalue weighted by Gasteiger charge is -2.36. The van der Waals surface area contributed by atoms with Gasteiger partial charge in [0.15, 0.2) is 0 Å². The smallest absolute Gasteiger partial charge is 0.217 e. The fourth-order valence-electron chi connectivity index (χ4n) is 3.13. The molecule has 2 unspecified atom stereocenters. The van der Waals surface area contributed by atoms with Crippen LogP contribution in [-0.2, 0) is 10.0 Å². The van der Waals surface area contributed by atoms with Gasteiger partial charge in [-0.1, -0.05) is 0 Å². The van der Waals surface area contributed by atoms with Gasteiger partial charge in [0.1, 0.15) is 0 Å². The highest BCUT2D eigenvalue weighted by atomic mass is 32.2. The first kappa shape index (κ1) is 10.1. The molecular formula is C10H18N2O2S. The second-order valence-corrected chi connectivity index (χ2v) is 7.31. The first-order chi connectivity index (χ1) is 7.09. The molecule has 3 aliphatic rings. The second kappa shape index (κ2) is 3.18. The molecule has 86 valence electrons. The molecule has 1 saturated carbocycles. The van der Waals surface area contributed by atoms with Crippen molar-refractivity contribution in [2.24, 2.45) is 5.73 Å². The Morgan fingerprint density at radius 3 is 2.00 bits per heavy atom. The van der Waals surface area contributed by atoms with Gasteiger partial charge in [-0.3, -0.25) is 0 Å². The Kier molecular flexibility index (Phi) is 2.13.